The number of amides is 2. The van der Waals surface area contributed by atoms with E-state index in [4.69, 9.17) is 5.73 Å². The van der Waals surface area contributed by atoms with E-state index >= 15 is 0 Å². The number of carbonyl (C=O) groups is 2. The predicted octanol–water partition coefficient (Wildman–Crippen LogP) is 0.975. The third-order valence-electron chi connectivity index (χ3n) is 5.43. The van der Waals surface area contributed by atoms with E-state index < -0.39 is 0 Å². The molecule has 2 saturated heterocycles. The van der Waals surface area contributed by atoms with Gasteiger partial charge in [-0.2, -0.15) is 0 Å². The fourth-order valence-electron chi connectivity index (χ4n) is 3.75. The molecule has 3 rings (SSSR count). The molecule has 2 heterocycles. The van der Waals surface area contributed by atoms with Crippen molar-refractivity contribution in [2.24, 2.45) is 17.6 Å². The predicted molar refractivity (Wildman–Crippen MR) is 80.4 cm³/mol. The van der Waals surface area contributed by atoms with Crippen molar-refractivity contribution < 1.29 is 9.59 Å². The van der Waals surface area contributed by atoms with Gasteiger partial charge >= 0.3 is 0 Å². The highest BCUT2D eigenvalue weighted by molar-refractivity contribution is 5.79. The highest BCUT2D eigenvalue weighted by atomic mass is 16.2. The molecule has 3 aliphatic rings. The van der Waals surface area contributed by atoms with Crippen LogP contribution in [0.25, 0.3) is 0 Å². The van der Waals surface area contributed by atoms with Gasteiger partial charge in [-0.25, -0.2) is 0 Å². The molecule has 0 aromatic rings. The summed E-state index contributed by atoms with van der Waals surface area (Å²) in [5.74, 6) is 0.592. The van der Waals surface area contributed by atoms with Crippen LogP contribution in [0.4, 0.5) is 0 Å². The van der Waals surface area contributed by atoms with Gasteiger partial charge in [-0.05, 0) is 57.5 Å². The minimum atomic E-state index is -0.213. The lowest BCUT2D eigenvalue weighted by molar-refractivity contribution is -0.136. The first-order valence-electron chi connectivity index (χ1n) is 8.44. The number of nitrogens with zero attached hydrogens (tertiary/aromatic N) is 2. The number of piperidine rings is 2. The molecule has 0 aromatic carbocycles. The Morgan fingerprint density at radius 1 is 0.905 bits per heavy atom. The molecule has 0 bridgehead atoms. The number of primary amides is 1. The van der Waals surface area contributed by atoms with Crippen molar-refractivity contribution in [2.75, 3.05) is 26.2 Å². The number of rotatable bonds is 4. The van der Waals surface area contributed by atoms with Gasteiger partial charge in [0.1, 0.15) is 0 Å². The van der Waals surface area contributed by atoms with Gasteiger partial charge in [-0.3, -0.25) is 9.59 Å². The average molecular weight is 293 g/mol. The van der Waals surface area contributed by atoms with E-state index in [0.29, 0.717) is 25.4 Å². The molecule has 0 radical (unpaired) electrons. The van der Waals surface area contributed by atoms with Gasteiger partial charge in [0.15, 0.2) is 0 Å². The molecule has 2 aliphatic heterocycles. The lowest BCUT2D eigenvalue weighted by atomic mass is 9.91. The van der Waals surface area contributed by atoms with E-state index in [1.165, 1.54) is 38.8 Å². The SMILES string of the molecule is NC(=O)C1CCN(C(=O)CC2CCN(C3CC3)CC2)CC1. The first kappa shape index (κ1) is 14.8. The van der Waals surface area contributed by atoms with Crippen LogP contribution >= 0.6 is 0 Å². The molecule has 118 valence electrons. The summed E-state index contributed by atoms with van der Waals surface area (Å²) in [7, 11) is 0. The average Bonchev–Trinajstić information content (AvgIpc) is 3.33. The minimum Gasteiger partial charge on any atom is -0.369 e. The van der Waals surface area contributed by atoms with Gasteiger partial charge in [0.2, 0.25) is 11.8 Å². The molecule has 2 N–H and O–H groups in total. The molecule has 0 unspecified atom stereocenters. The maximum atomic E-state index is 12.4. The van der Waals surface area contributed by atoms with Crippen LogP contribution in [0.2, 0.25) is 0 Å². The minimum absolute atomic E-state index is 0.0316. The van der Waals surface area contributed by atoms with Crippen molar-refractivity contribution >= 4 is 11.8 Å². The third-order valence-corrected chi connectivity index (χ3v) is 5.43. The summed E-state index contributed by atoms with van der Waals surface area (Å²) in [6.45, 7) is 3.75. The van der Waals surface area contributed by atoms with E-state index in [-0.39, 0.29) is 17.7 Å². The first-order valence-corrected chi connectivity index (χ1v) is 8.44. The summed E-state index contributed by atoms with van der Waals surface area (Å²) in [5.41, 5.74) is 5.33. The summed E-state index contributed by atoms with van der Waals surface area (Å²) < 4.78 is 0. The Balaban J connectivity index is 1.39. The van der Waals surface area contributed by atoms with Crippen LogP contribution in [0, 0.1) is 11.8 Å². The van der Waals surface area contributed by atoms with Crippen LogP contribution in [0.3, 0.4) is 0 Å². The summed E-state index contributed by atoms with van der Waals surface area (Å²) in [6.07, 6.45) is 7.25. The summed E-state index contributed by atoms with van der Waals surface area (Å²) in [6, 6.07) is 0.856. The van der Waals surface area contributed by atoms with Crippen LogP contribution in [0.1, 0.15) is 44.9 Å². The Morgan fingerprint density at radius 3 is 2.05 bits per heavy atom. The smallest absolute Gasteiger partial charge is 0.222 e. The van der Waals surface area contributed by atoms with E-state index in [0.717, 1.165) is 18.9 Å². The largest absolute Gasteiger partial charge is 0.369 e. The van der Waals surface area contributed by atoms with Gasteiger partial charge in [0.05, 0.1) is 0 Å². The van der Waals surface area contributed by atoms with E-state index in [9.17, 15) is 9.59 Å². The molecule has 0 atom stereocenters. The first-order chi connectivity index (χ1) is 10.1. The Morgan fingerprint density at radius 2 is 1.52 bits per heavy atom. The number of carbonyl (C=O) groups excluding carboxylic acids is 2. The summed E-state index contributed by atoms with van der Waals surface area (Å²) in [4.78, 5) is 28.1. The molecule has 2 amide bonds. The summed E-state index contributed by atoms with van der Waals surface area (Å²) >= 11 is 0. The van der Waals surface area contributed by atoms with Crippen molar-refractivity contribution in [3.8, 4) is 0 Å². The standard InChI is InChI=1S/C16H27N3O2/c17-16(21)13-5-9-19(10-6-13)15(20)11-12-3-7-18(8-4-12)14-1-2-14/h12-14H,1-11H2,(H2,17,21). The maximum Gasteiger partial charge on any atom is 0.222 e. The highest BCUT2D eigenvalue weighted by Crippen LogP contribution is 2.32. The van der Waals surface area contributed by atoms with E-state index in [1.54, 1.807) is 0 Å². The molecule has 1 saturated carbocycles. The topological polar surface area (TPSA) is 66.6 Å². The zero-order valence-electron chi connectivity index (χ0n) is 12.8. The van der Waals surface area contributed by atoms with Crippen LogP contribution in [0.5, 0.6) is 0 Å². The monoisotopic (exact) mass is 293 g/mol. The molecule has 3 fully saturated rings. The Kier molecular flexibility index (Phi) is 4.48. The van der Waals surface area contributed by atoms with Gasteiger partial charge < -0.3 is 15.5 Å². The molecule has 5 nitrogen and oxygen atoms in total. The van der Waals surface area contributed by atoms with Gasteiger partial charge in [-0.15, -0.1) is 0 Å². The molecular weight excluding hydrogens is 266 g/mol. The fourth-order valence-corrected chi connectivity index (χ4v) is 3.75. The fraction of sp³-hybridized carbons (Fsp3) is 0.875. The van der Waals surface area contributed by atoms with E-state index in [2.05, 4.69) is 4.90 Å². The number of likely N-dealkylation sites (tertiary alicyclic amines) is 2. The van der Waals surface area contributed by atoms with Crippen molar-refractivity contribution in [1.29, 1.82) is 0 Å². The van der Waals surface area contributed by atoms with Crippen molar-refractivity contribution in [3.63, 3.8) is 0 Å². The number of nitrogens with two attached hydrogens (primary N) is 1. The van der Waals surface area contributed by atoms with Crippen LogP contribution in [-0.4, -0.2) is 53.8 Å². The maximum absolute atomic E-state index is 12.4. The third kappa shape index (κ3) is 3.76. The number of hydrogen-bond acceptors (Lipinski definition) is 3. The normalized spacial score (nSPS) is 26.0. The Labute approximate surface area is 126 Å². The van der Waals surface area contributed by atoms with Crippen molar-refractivity contribution in [2.45, 2.75) is 51.0 Å². The van der Waals surface area contributed by atoms with Crippen molar-refractivity contribution in [3.05, 3.63) is 0 Å². The molecule has 5 heteroatoms. The second-order valence-electron chi connectivity index (χ2n) is 6.97. The molecule has 0 spiro atoms. The zero-order chi connectivity index (χ0) is 14.8. The summed E-state index contributed by atoms with van der Waals surface area (Å²) in [5, 5.41) is 0. The molecule has 0 aromatic heterocycles. The van der Waals surface area contributed by atoms with Crippen LogP contribution < -0.4 is 5.73 Å². The Bertz CT molecular complexity index is 392. The highest BCUT2D eigenvalue weighted by Gasteiger charge is 2.33. The second-order valence-corrected chi connectivity index (χ2v) is 6.97. The molecular formula is C16H27N3O2. The lowest BCUT2D eigenvalue weighted by Crippen LogP contribution is -2.43. The van der Waals surface area contributed by atoms with Gasteiger partial charge in [0, 0.05) is 31.5 Å². The van der Waals surface area contributed by atoms with Gasteiger partial charge in [0.25, 0.3) is 0 Å². The lowest BCUT2D eigenvalue weighted by Gasteiger charge is -2.34. The molecule has 1 aliphatic carbocycles. The van der Waals surface area contributed by atoms with E-state index in [1.807, 2.05) is 4.90 Å². The van der Waals surface area contributed by atoms with Crippen LogP contribution in [-0.2, 0) is 9.59 Å². The second kappa shape index (κ2) is 6.34. The Hall–Kier alpha value is -1.10. The zero-order valence-corrected chi connectivity index (χ0v) is 12.8. The number of hydrogen-bond donors (Lipinski definition) is 1. The molecule has 21 heavy (non-hydrogen) atoms. The van der Waals surface area contributed by atoms with Gasteiger partial charge in [-0.1, -0.05) is 0 Å². The van der Waals surface area contributed by atoms with Crippen molar-refractivity contribution in [1.82, 2.24) is 9.80 Å². The quantitative estimate of drug-likeness (QED) is 0.840. The van der Waals surface area contributed by atoms with Crippen LogP contribution in [0.15, 0.2) is 0 Å².